The molecule has 1 unspecified atom stereocenters. The fourth-order valence-electron chi connectivity index (χ4n) is 2.70. The van der Waals surface area contributed by atoms with Gasteiger partial charge in [0.05, 0.1) is 0 Å². The van der Waals surface area contributed by atoms with Crippen LogP contribution in [-0.2, 0) is 4.79 Å². The van der Waals surface area contributed by atoms with Gasteiger partial charge < -0.3 is 15.5 Å². The summed E-state index contributed by atoms with van der Waals surface area (Å²) in [6.07, 6.45) is 6.24. The second kappa shape index (κ2) is 9.48. The van der Waals surface area contributed by atoms with E-state index in [1.807, 2.05) is 0 Å². The zero-order chi connectivity index (χ0) is 14.4. The van der Waals surface area contributed by atoms with Gasteiger partial charge in [0, 0.05) is 38.1 Å². The van der Waals surface area contributed by atoms with Crippen LogP contribution < -0.4 is 10.6 Å². The lowest BCUT2D eigenvalue weighted by Gasteiger charge is -2.26. The first-order chi connectivity index (χ1) is 9.74. The number of aliphatic imine (C=N–C) groups is 1. The van der Waals surface area contributed by atoms with Crippen molar-refractivity contribution in [2.24, 2.45) is 4.99 Å². The molecule has 1 saturated heterocycles. The number of halogens is 1. The van der Waals surface area contributed by atoms with Gasteiger partial charge in [-0.2, -0.15) is 0 Å². The van der Waals surface area contributed by atoms with Gasteiger partial charge in [-0.25, -0.2) is 0 Å². The molecule has 0 aromatic carbocycles. The number of carbonyl (C=O) groups excluding carboxylic acids is 1. The maximum atomic E-state index is 11.8. The molecule has 1 heterocycles. The Balaban J connectivity index is 0.00000220. The van der Waals surface area contributed by atoms with Gasteiger partial charge in [-0.05, 0) is 39.0 Å². The molecule has 0 radical (unpaired) electrons. The highest BCUT2D eigenvalue weighted by molar-refractivity contribution is 14.0. The quantitative estimate of drug-likeness (QED) is 0.386. The summed E-state index contributed by atoms with van der Waals surface area (Å²) in [7, 11) is 0. The molecule has 0 spiro atoms. The summed E-state index contributed by atoms with van der Waals surface area (Å²) in [4.78, 5) is 18.5. The van der Waals surface area contributed by atoms with Crippen LogP contribution >= 0.6 is 24.0 Å². The molecule has 0 bridgehead atoms. The summed E-state index contributed by atoms with van der Waals surface area (Å²) >= 11 is 0. The zero-order valence-electron chi connectivity index (χ0n) is 13.2. The lowest BCUT2D eigenvalue weighted by molar-refractivity contribution is -0.129. The van der Waals surface area contributed by atoms with Crippen molar-refractivity contribution in [3.05, 3.63) is 0 Å². The van der Waals surface area contributed by atoms with Crippen LogP contribution in [0.2, 0.25) is 0 Å². The molecule has 1 aliphatic heterocycles. The molecular weight excluding hydrogens is 379 g/mol. The summed E-state index contributed by atoms with van der Waals surface area (Å²) in [6, 6.07) is 0.979. The van der Waals surface area contributed by atoms with Gasteiger partial charge in [-0.1, -0.05) is 6.92 Å². The average molecular weight is 408 g/mol. The molecule has 2 fully saturated rings. The molecule has 6 heteroatoms. The molecule has 122 valence electrons. The number of likely N-dealkylation sites (tertiary alicyclic amines) is 1. The Morgan fingerprint density at radius 3 is 2.71 bits per heavy atom. The standard InChI is InChI=1S/C15H28N4O.HI/c1-3-13(19-11-5-6-14(19)20)9-10-17-15(16-4-2)18-12-7-8-12;/h12-13H,3-11H2,1-2H3,(H2,16,17,18);1H. The van der Waals surface area contributed by atoms with Gasteiger partial charge >= 0.3 is 0 Å². The van der Waals surface area contributed by atoms with E-state index in [0.717, 1.165) is 51.3 Å². The van der Waals surface area contributed by atoms with Crippen molar-refractivity contribution in [2.45, 2.75) is 64.5 Å². The van der Waals surface area contributed by atoms with Crippen LogP contribution in [0, 0.1) is 0 Å². The summed E-state index contributed by atoms with van der Waals surface area (Å²) in [6.45, 7) is 6.85. The van der Waals surface area contributed by atoms with Crippen molar-refractivity contribution in [3.63, 3.8) is 0 Å². The second-order valence-electron chi connectivity index (χ2n) is 5.72. The first kappa shape index (κ1) is 18.5. The smallest absolute Gasteiger partial charge is 0.222 e. The number of amides is 1. The van der Waals surface area contributed by atoms with E-state index in [-0.39, 0.29) is 24.0 Å². The van der Waals surface area contributed by atoms with E-state index < -0.39 is 0 Å². The van der Waals surface area contributed by atoms with E-state index in [9.17, 15) is 4.79 Å². The average Bonchev–Trinajstić information content (AvgIpc) is 3.15. The fraction of sp³-hybridized carbons (Fsp3) is 0.867. The molecule has 2 rings (SSSR count). The Hall–Kier alpha value is -0.530. The fourth-order valence-corrected chi connectivity index (χ4v) is 2.70. The molecule has 5 nitrogen and oxygen atoms in total. The Labute approximate surface area is 145 Å². The molecule has 0 aromatic rings. The maximum Gasteiger partial charge on any atom is 0.222 e. The van der Waals surface area contributed by atoms with Crippen molar-refractivity contribution in [1.29, 1.82) is 0 Å². The highest BCUT2D eigenvalue weighted by Crippen LogP contribution is 2.19. The number of hydrogen-bond donors (Lipinski definition) is 2. The van der Waals surface area contributed by atoms with Crippen LogP contribution in [0.4, 0.5) is 0 Å². The molecule has 21 heavy (non-hydrogen) atoms. The van der Waals surface area contributed by atoms with Crippen molar-refractivity contribution in [1.82, 2.24) is 15.5 Å². The van der Waals surface area contributed by atoms with Crippen molar-refractivity contribution in [2.75, 3.05) is 19.6 Å². The minimum absolute atomic E-state index is 0. The minimum Gasteiger partial charge on any atom is -0.357 e. The van der Waals surface area contributed by atoms with Crippen molar-refractivity contribution >= 4 is 35.8 Å². The largest absolute Gasteiger partial charge is 0.357 e. The van der Waals surface area contributed by atoms with Crippen LogP contribution in [0.1, 0.15) is 52.4 Å². The zero-order valence-corrected chi connectivity index (χ0v) is 15.6. The number of nitrogens with zero attached hydrogens (tertiary/aromatic N) is 2. The van der Waals surface area contributed by atoms with E-state index in [1.54, 1.807) is 0 Å². The third-order valence-electron chi connectivity index (χ3n) is 4.02. The molecule has 1 aliphatic carbocycles. The first-order valence-electron chi connectivity index (χ1n) is 8.08. The number of rotatable bonds is 7. The Morgan fingerprint density at radius 1 is 1.43 bits per heavy atom. The van der Waals surface area contributed by atoms with Gasteiger partial charge in [0.15, 0.2) is 5.96 Å². The van der Waals surface area contributed by atoms with Crippen LogP contribution in [0.5, 0.6) is 0 Å². The summed E-state index contributed by atoms with van der Waals surface area (Å²) < 4.78 is 0. The highest BCUT2D eigenvalue weighted by atomic mass is 127. The lowest BCUT2D eigenvalue weighted by atomic mass is 10.1. The first-order valence-corrected chi connectivity index (χ1v) is 8.08. The second-order valence-corrected chi connectivity index (χ2v) is 5.72. The van der Waals surface area contributed by atoms with E-state index in [1.165, 1.54) is 12.8 Å². The SMILES string of the molecule is CCNC(=NCCC(CC)N1CCCC1=O)NC1CC1.I. The van der Waals surface area contributed by atoms with Crippen molar-refractivity contribution < 1.29 is 4.79 Å². The molecule has 0 aromatic heterocycles. The predicted octanol–water partition coefficient (Wildman–Crippen LogP) is 2.11. The third-order valence-corrected chi connectivity index (χ3v) is 4.02. The van der Waals surface area contributed by atoms with Gasteiger partial charge in [0.25, 0.3) is 0 Å². The Kier molecular flexibility index (Phi) is 8.36. The van der Waals surface area contributed by atoms with E-state index in [0.29, 0.717) is 18.0 Å². The number of guanidine groups is 1. The molecule has 2 aliphatic rings. The number of nitrogens with one attached hydrogen (secondary N) is 2. The lowest BCUT2D eigenvalue weighted by Crippen LogP contribution is -2.39. The molecule has 1 amide bonds. The predicted molar refractivity (Wildman–Crippen MR) is 97.2 cm³/mol. The van der Waals surface area contributed by atoms with Crippen LogP contribution in [0.25, 0.3) is 0 Å². The topological polar surface area (TPSA) is 56.7 Å². The summed E-state index contributed by atoms with van der Waals surface area (Å²) in [5, 5.41) is 6.70. The maximum absolute atomic E-state index is 11.8. The monoisotopic (exact) mass is 408 g/mol. The highest BCUT2D eigenvalue weighted by Gasteiger charge is 2.26. The Bertz CT molecular complexity index is 358. The molecule has 2 N–H and O–H groups in total. The van der Waals surface area contributed by atoms with E-state index in [2.05, 4.69) is 34.4 Å². The van der Waals surface area contributed by atoms with Gasteiger partial charge in [0.2, 0.25) is 5.91 Å². The van der Waals surface area contributed by atoms with Crippen LogP contribution in [-0.4, -0.2) is 48.5 Å². The number of carbonyl (C=O) groups is 1. The molecular formula is C15H29IN4O. The van der Waals surface area contributed by atoms with Crippen molar-refractivity contribution in [3.8, 4) is 0 Å². The van der Waals surface area contributed by atoms with Gasteiger partial charge in [-0.15, -0.1) is 24.0 Å². The summed E-state index contributed by atoms with van der Waals surface area (Å²) in [5.41, 5.74) is 0. The minimum atomic E-state index is 0. The van der Waals surface area contributed by atoms with Gasteiger partial charge in [-0.3, -0.25) is 9.79 Å². The third kappa shape index (κ3) is 6.00. The van der Waals surface area contributed by atoms with E-state index in [4.69, 9.17) is 0 Å². The Morgan fingerprint density at radius 2 is 2.19 bits per heavy atom. The molecule has 1 saturated carbocycles. The molecule has 1 atom stereocenters. The van der Waals surface area contributed by atoms with Gasteiger partial charge in [0.1, 0.15) is 0 Å². The van der Waals surface area contributed by atoms with Crippen LogP contribution in [0.3, 0.4) is 0 Å². The van der Waals surface area contributed by atoms with Crippen LogP contribution in [0.15, 0.2) is 4.99 Å². The summed E-state index contributed by atoms with van der Waals surface area (Å²) in [5.74, 6) is 1.25. The number of hydrogen-bond acceptors (Lipinski definition) is 2. The normalized spacial score (nSPS) is 20.2. The van der Waals surface area contributed by atoms with E-state index >= 15 is 0 Å².